The van der Waals surface area contributed by atoms with Gasteiger partial charge in [0.1, 0.15) is 11.5 Å². The largest absolute Gasteiger partial charge is 0.314 e. The van der Waals surface area contributed by atoms with Crippen molar-refractivity contribution in [3.8, 4) is 5.69 Å². The van der Waals surface area contributed by atoms with Crippen LogP contribution in [0.3, 0.4) is 0 Å². The Hall–Kier alpha value is -2.58. The van der Waals surface area contributed by atoms with Gasteiger partial charge < -0.3 is 5.32 Å². The standard InChI is InChI=1S/C17H17FN4O2S/c1-12-7-8-14(11-20-12)25(23,24)17-9-13(10-19-2)21-22(17)16-6-4-3-5-15(16)18/h3-9,11,19H,10H2,1-2H3. The molecular weight excluding hydrogens is 343 g/mol. The molecule has 0 aliphatic heterocycles. The number of nitrogens with zero attached hydrogens (tertiary/aromatic N) is 3. The molecule has 0 radical (unpaired) electrons. The number of hydrogen-bond donors (Lipinski definition) is 1. The second-order valence-corrected chi connectivity index (χ2v) is 7.40. The van der Waals surface area contributed by atoms with Gasteiger partial charge in [0.15, 0.2) is 5.03 Å². The van der Waals surface area contributed by atoms with E-state index in [1.807, 2.05) is 0 Å². The molecule has 1 aromatic carbocycles. The molecule has 0 bridgehead atoms. The van der Waals surface area contributed by atoms with Crippen LogP contribution in [0.2, 0.25) is 0 Å². The highest BCUT2D eigenvalue weighted by Gasteiger charge is 2.26. The predicted octanol–water partition coefficient (Wildman–Crippen LogP) is 2.27. The predicted molar refractivity (Wildman–Crippen MR) is 90.7 cm³/mol. The molecule has 8 heteroatoms. The maximum atomic E-state index is 14.2. The smallest absolute Gasteiger partial charge is 0.225 e. The van der Waals surface area contributed by atoms with Gasteiger partial charge >= 0.3 is 0 Å². The fourth-order valence-corrected chi connectivity index (χ4v) is 3.74. The van der Waals surface area contributed by atoms with Gasteiger partial charge in [0, 0.05) is 24.5 Å². The summed E-state index contributed by atoms with van der Waals surface area (Å²) in [5.41, 5.74) is 1.27. The van der Waals surface area contributed by atoms with Gasteiger partial charge in [0.05, 0.1) is 10.6 Å². The molecule has 2 heterocycles. The molecule has 0 atom stereocenters. The molecule has 0 spiro atoms. The van der Waals surface area contributed by atoms with Crippen LogP contribution in [0, 0.1) is 12.7 Å². The van der Waals surface area contributed by atoms with Crippen LogP contribution >= 0.6 is 0 Å². The van der Waals surface area contributed by atoms with Crippen LogP contribution in [0.25, 0.3) is 5.69 Å². The molecule has 1 N–H and O–H groups in total. The molecule has 3 aromatic rings. The number of halogens is 1. The van der Waals surface area contributed by atoms with E-state index >= 15 is 0 Å². The zero-order valence-corrected chi connectivity index (χ0v) is 14.6. The van der Waals surface area contributed by atoms with Gasteiger partial charge in [-0.1, -0.05) is 12.1 Å². The van der Waals surface area contributed by atoms with Crippen LogP contribution in [0.15, 0.2) is 58.6 Å². The summed E-state index contributed by atoms with van der Waals surface area (Å²) in [6, 6.07) is 10.4. The van der Waals surface area contributed by atoms with Crippen molar-refractivity contribution in [3.05, 3.63) is 65.9 Å². The zero-order chi connectivity index (χ0) is 18.0. The molecule has 2 aromatic heterocycles. The summed E-state index contributed by atoms with van der Waals surface area (Å²) in [5.74, 6) is -0.555. The molecule has 0 unspecified atom stereocenters. The monoisotopic (exact) mass is 360 g/mol. The highest BCUT2D eigenvalue weighted by Crippen LogP contribution is 2.25. The third kappa shape index (κ3) is 3.31. The highest BCUT2D eigenvalue weighted by atomic mass is 32.2. The van der Waals surface area contributed by atoms with E-state index in [1.54, 1.807) is 26.1 Å². The maximum Gasteiger partial charge on any atom is 0.225 e. The zero-order valence-electron chi connectivity index (χ0n) is 13.8. The third-order valence-corrected chi connectivity index (χ3v) is 5.34. The minimum Gasteiger partial charge on any atom is -0.314 e. The Labute approximate surface area is 145 Å². The highest BCUT2D eigenvalue weighted by molar-refractivity contribution is 7.91. The molecule has 3 rings (SSSR count). The number of hydrogen-bond acceptors (Lipinski definition) is 5. The first kappa shape index (κ1) is 17.2. The van der Waals surface area contributed by atoms with Crippen LogP contribution in [0.5, 0.6) is 0 Å². The molecule has 0 amide bonds. The Morgan fingerprint density at radius 1 is 1.20 bits per heavy atom. The van der Waals surface area contributed by atoms with E-state index in [2.05, 4.69) is 15.4 Å². The Morgan fingerprint density at radius 3 is 2.60 bits per heavy atom. The van der Waals surface area contributed by atoms with Crippen molar-refractivity contribution in [2.24, 2.45) is 0 Å². The van der Waals surface area contributed by atoms with E-state index in [-0.39, 0.29) is 15.6 Å². The maximum absolute atomic E-state index is 14.2. The van der Waals surface area contributed by atoms with Crippen LogP contribution in [-0.2, 0) is 16.4 Å². The number of sulfone groups is 1. The lowest BCUT2D eigenvalue weighted by Gasteiger charge is -2.09. The summed E-state index contributed by atoms with van der Waals surface area (Å²) in [6.45, 7) is 2.13. The first-order valence-electron chi connectivity index (χ1n) is 7.59. The van der Waals surface area contributed by atoms with Crippen LogP contribution in [-0.4, -0.2) is 30.2 Å². The van der Waals surface area contributed by atoms with Crippen molar-refractivity contribution in [1.29, 1.82) is 0 Å². The number of nitrogens with one attached hydrogen (secondary N) is 1. The van der Waals surface area contributed by atoms with Crippen molar-refractivity contribution >= 4 is 9.84 Å². The summed E-state index contributed by atoms with van der Waals surface area (Å²) in [7, 11) is -2.18. The van der Waals surface area contributed by atoms with E-state index in [1.165, 1.54) is 36.5 Å². The SMILES string of the molecule is CNCc1cc(S(=O)(=O)c2ccc(C)nc2)n(-c2ccccc2F)n1. The average Bonchev–Trinajstić information content (AvgIpc) is 3.00. The number of aryl methyl sites for hydroxylation is 1. The molecule has 6 nitrogen and oxygen atoms in total. The lowest BCUT2D eigenvalue weighted by atomic mass is 10.3. The van der Waals surface area contributed by atoms with Crippen molar-refractivity contribution in [3.63, 3.8) is 0 Å². The first-order valence-corrected chi connectivity index (χ1v) is 9.08. The van der Waals surface area contributed by atoms with E-state index in [0.717, 1.165) is 4.68 Å². The molecule has 0 fully saturated rings. The minimum absolute atomic E-state index is 0.0339. The van der Waals surface area contributed by atoms with Gasteiger partial charge in [0.2, 0.25) is 9.84 Å². The molecule has 0 saturated heterocycles. The number of aromatic nitrogens is 3. The average molecular weight is 360 g/mol. The van der Waals surface area contributed by atoms with Crippen molar-refractivity contribution in [2.45, 2.75) is 23.4 Å². The number of para-hydroxylation sites is 1. The van der Waals surface area contributed by atoms with E-state index in [9.17, 15) is 12.8 Å². The van der Waals surface area contributed by atoms with Crippen molar-refractivity contribution in [1.82, 2.24) is 20.1 Å². The number of benzene rings is 1. The second-order valence-electron chi connectivity index (χ2n) is 5.51. The van der Waals surface area contributed by atoms with Gasteiger partial charge in [-0.2, -0.15) is 5.10 Å². The Balaban J connectivity index is 2.21. The Kier molecular flexibility index (Phi) is 4.65. The van der Waals surface area contributed by atoms with Crippen LogP contribution in [0.1, 0.15) is 11.4 Å². The Bertz CT molecular complexity index is 998. The van der Waals surface area contributed by atoms with Gasteiger partial charge in [-0.25, -0.2) is 17.5 Å². The van der Waals surface area contributed by atoms with Crippen molar-refractivity contribution in [2.75, 3.05) is 7.05 Å². The van der Waals surface area contributed by atoms with Gasteiger partial charge in [-0.15, -0.1) is 0 Å². The normalized spacial score (nSPS) is 11.6. The fraction of sp³-hybridized carbons (Fsp3) is 0.176. The van der Waals surface area contributed by atoms with E-state index in [4.69, 9.17) is 0 Å². The molecule has 130 valence electrons. The molecule has 25 heavy (non-hydrogen) atoms. The lowest BCUT2D eigenvalue weighted by Crippen LogP contribution is -2.11. The lowest BCUT2D eigenvalue weighted by molar-refractivity contribution is 0.575. The molecule has 0 aliphatic rings. The number of rotatable bonds is 5. The summed E-state index contributed by atoms with van der Waals surface area (Å²) in [4.78, 5) is 4.07. The van der Waals surface area contributed by atoms with Gasteiger partial charge in [-0.05, 0) is 38.2 Å². The van der Waals surface area contributed by atoms with Gasteiger partial charge in [0.25, 0.3) is 0 Å². The molecular formula is C17H17FN4O2S. The third-order valence-electron chi connectivity index (χ3n) is 3.64. The summed E-state index contributed by atoms with van der Waals surface area (Å²) >= 11 is 0. The van der Waals surface area contributed by atoms with Crippen LogP contribution in [0.4, 0.5) is 4.39 Å². The van der Waals surface area contributed by atoms with E-state index in [0.29, 0.717) is 17.9 Å². The van der Waals surface area contributed by atoms with Crippen LogP contribution < -0.4 is 5.32 Å². The fourth-order valence-electron chi connectivity index (χ4n) is 2.40. The summed E-state index contributed by atoms with van der Waals surface area (Å²) in [5, 5.41) is 7.06. The first-order chi connectivity index (χ1) is 11.9. The van der Waals surface area contributed by atoms with Crippen molar-refractivity contribution < 1.29 is 12.8 Å². The summed E-state index contributed by atoms with van der Waals surface area (Å²) in [6.07, 6.45) is 1.29. The minimum atomic E-state index is -3.91. The second kappa shape index (κ2) is 6.73. The van der Waals surface area contributed by atoms with Gasteiger partial charge in [-0.3, -0.25) is 4.98 Å². The molecule has 0 saturated carbocycles. The number of pyridine rings is 1. The summed E-state index contributed by atoms with van der Waals surface area (Å²) < 4.78 is 41.4. The quantitative estimate of drug-likeness (QED) is 0.755. The van der Waals surface area contributed by atoms with E-state index < -0.39 is 15.7 Å². The Morgan fingerprint density at radius 2 is 1.96 bits per heavy atom. The topological polar surface area (TPSA) is 76.9 Å². The molecule has 0 aliphatic carbocycles.